The number of methoxy groups -OCH3 is 1. The summed E-state index contributed by atoms with van der Waals surface area (Å²) in [6.45, 7) is 4.25. The van der Waals surface area contributed by atoms with Crippen molar-refractivity contribution in [2.75, 3.05) is 7.11 Å². The zero-order valence-electron chi connectivity index (χ0n) is 11.6. The number of hydrogen-bond donors (Lipinski definition) is 2. The maximum Gasteiger partial charge on any atom is 0.0697 e. The molecule has 1 saturated carbocycles. The smallest absolute Gasteiger partial charge is 0.0697 e. The molecule has 1 fully saturated rings. The number of aryl methyl sites for hydroxylation is 2. The van der Waals surface area contributed by atoms with Gasteiger partial charge in [-0.25, -0.2) is 0 Å². The van der Waals surface area contributed by atoms with Crippen LogP contribution in [-0.4, -0.2) is 12.7 Å². The van der Waals surface area contributed by atoms with Gasteiger partial charge < -0.3 is 4.74 Å². The van der Waals surface area contributed by atoms with Crippen LogP contribution in [0.4, 0.5) is 0 Å². The lowest BCUT2D eigenvalue weighted by molar-refractivity contribution is -0.0838. The predicted molar refractivity (Wildman–Crippen MR) is 74.2 cm³/mol. The van der Waals surface area contributed by atoms with Crippen LogP contribution in [0.25, 0.3) is 0 Å². The van der Waals surface area contributed by atoms with E-state index in [1.54, 1.807) is 0 Å². The van der Waals surface area contributed by atoms with Crippen LogP contribution in [0.15, 0.2) is 18.2 Å². The standard InChI is InChI=1S/C15H24N2O/c1-11-7-12(2)9-13(8-11)14(17-16)10-15(18-3)5-4-6-15/h7-9,14,17H,4-6,10,16H2,1-3H3. The molecule has 0 amide bonds. The van der Waals surface area contributed by atoms with Gasteiger partial charge in [0.05, 0.1) is 5.60 Å². The molecule has 100 valence electrons. The molecule has 0 saturated heterocycles. The van der Waals surface area contributed by atoms with Crippen molar-refractivity contribution in [2.24, 2.45) is 5.84 Å². The molecule has 3 nitrogen and oxygen atoms in total. The van der Waals surface area contributed by atoms with Gasteiger partial charge in [-0.05, 0) is 45.1 Å². The summed E-state index contributed by atoms with van der Waals surface area (Å²) in [5.41, 5.74) is 6.82. The number of hydrazine groups is 1. The Labute approximate surface area is 110 Å². The van der Waals surface area contributed by atoms with Gasteiger partial charge in [-0.15, -0.1) is 0 Å². The number of nitrogens with two attached hydrogens (primary N) is 1. The largest absolute Gasteiger partial charge is 0.378 e. The summed E-state index contributed by atoms with van der Waals surface area (Å²) in [6, 6.07) is 6.77. The number of rotatable bonds is 5. The molecule has 18 heavy (non-hydrogen) atoms. The van der Waals surface area contributed by atoms with Gasteiger partial charge in [0.25, 0.3) is 0 Å². The third-order valence-corrected chi connectivity index (χ3v) is 4.12. The Hall–Kier alpha value is -0.900. The Morgan fingerprint density at radius 3 is 2.28 bits per heavy atom. The van der Waals surface area contributed by atoms with E-state index in [2.05, 4.69) is 37.5 Å². The van der Waals surface area contributed by atoms with Gasteiger partial charge in [0.2, 0.25) is 0 Å². The second-order valence-electron chi connectivity index (χ2n) is 5.59. The molecule has 3 N–H and O–H groups in total. The zero-order chi connectivity index (χ0) is 13.2. The molecular formula is C15H24N2O. The second-order valence-corrected chi connectivity index (χ2v) is 5.59. The lowest BCUT2D eigenvalue weighted by Gasteiger charge is -2.42. The van der Waals surface area contributed by atoms with Gasteiger partial charge in [-0.2, -0.15) is 0 Å². The summed E-state index contributed by atoms with van der Waals surface area (Å²) >= 11 is 0. The maximum atomic E-state index is 5.74. The Morgan fingerprint density at radius 2 is 1.89 bits per heavy atom. The maximum absolute atomic E-state index is 5.74. The van der Waals surface area contributed by atoms with Crippen molar-refractivity contribution in [3.63, 3.8) is 0 Å². The van der Waals surface area contributed by atoms with Gasteiger partial charge in [-0.3, -0.25) is 11.3 Å². The predicted octanol–water partition coefficient (Wildman–Crippen LogP) is 2.77. The zero-order valence-corrected chi connectivity index (χ0v) is 11.6. The van der Waals surface area contributed by atoms with Gasteiger partial charge in [0.1, 0.15) is 0 Å². The molecule has 3 heteroatoms. The van der Waals surface area contributed by atoms with Crippen molar-refractivity contribution in [3.05, 3.63) is 34.9 Å². The summed E-state index contributed by atoms with van der Waals surface area (Å²) < 4.78 is 5.69. The minimum Gasteiger partial charge on any atom is -0.378 e. The molecule has 1 unspecified atom stereocenters. The highest BCUT2D eigenvalue weighted by Gasteiger charge is 2.39. The minimum absolute atomic E-state index is 0.0364. The highest BCUT2D eigenvalue weighted by Crippen LogP contribution is 2.41. The number of nitrogens with one attached hydrogen (secondary N) is 1. The van der Waals surface area contributed by atoms with Crippen LogP contribution in [0.1, 0.15) is 48.4 Å². The molecule has 1 aliphatic rings. The van der Waals surface area contributed by atoms with E-state index in [4.69, 9.17) is 10.6 Å². The third kappa shape index (κ3) is 2.74. The van der Waals surface area contributed by atoms with E-state index in [9.17, 15) is 0 Å². The molecule has 1 aromatic carbocycles. The Kier molecular flexibility index (Phi) is 4.05. The van der Waals surface area contributed by atoms with Gasteiger partial charge in [-0.1, -0.05) is 29.3 Å². The summed E-state index contributed by atoms with van der Waals surface area (Å²) in [4.78, 5) is 0. The molecule has 0 aromatic heterocycles. The summed E-state index contributed by atoms with van der Waals surface area (Å²) in [5.74, 6) is 5.74. The fraction of sp³-hybridized carbons (Fsp3) is 0.600. The van der Waals surface area contributed by atoms with Gasteiger partial charge in [0, 0.05) is 13.2 Å². The Bertz CT molecular complexity index is 387. The molecule has 0 heterocycles. The highest BCUT2D eigenvalue weighted by molar-refractivity contribution is 5.31. The topological polar surface area (TPSA) is 47.3 Å². The number of ether oxygens (including phenoxy) is 1. The normalized spacial score (nSPS) is 19.3. The summed E-state index contributed by atoms with van der Waals surface area (Å²) in [6.07, 6.45) is 4.50. The van der Waals surface area contributed by atoms with Crippen LogP contribution >= 0.6 is 0 Å². The molecule has 0 bridgehead atoms. The van der Waals surface area contributed by atoms with Gasteiger partial charge in [0.15, 0.2) is 0 Å². The van der Waals surface area contributed by atoms with Crippen molar-refractivity contribution in [2.45, 2.75) is 51.2 Å². The van der Waals surface area contributed by atoms with E-state index in [0.29, 0.717) is 0 Å². The fourth-order valence-corrected chi connectivity index (χ4v) is 2.92. The number of hydrogen-bond acceptors (Lipinski definition) is 3. The first-order chi connectivity index (χ1) is 8.58. The van der Waals surface area contributed by atoms with E-state index in [-0.39, 0.29) is 11.6 Å². The summed E-state index contributed by atoms with van der Waals surface area (Å²) in [5, 5.41) is 0. The highest BCUT2D eigenvalue weighted by atomic mass is 16.5. The van der Waals surface area contributed by atoms with Crippen LogP contribution in [-0.2, 0) is 4.74 Å². The minimum atomic E-state index is 0.0364. The SMILES string of the molecule is COC1(CC(NN)c2cc(C)cc(C)c2)CCC1. The molecule has 1 aliphatic carbocycles. The molecule has 0 spiro atoms. The average Bonchev–Trinajstić information content (AvgIpc) is 2.27. The average molecular weight is 248 g/mol. The van der Waals surface area contributed by atoms with Crippen molar-refractivity contribution < 1.29 is 4.74 Å². The summed E-state index contributed by atoms with van der Waals surface area (Å²) in [7, 11) is 1.81. The molecule has 0 radical (unpaired) electrons. The molecule has 2 rings (SSSR count). The van der Waals surface area contributed by atoms with Crippen LogP contribution in [0, 0.1) is 13.8 Å². The fourth-order valence-electron chi connectivity index (χ4n) is 2.92. The molecule has 0 aliphatic heterocycles. The van der Waals surface area contributed by atoms with E-state index in [0.717, 1.165) is 19.3 Å². The van der Waals surface area contributed by atoms with Crippen molar-refractivity contribution in [1.29, 1.82) is 0 Å². The van der Waals surface area contributed by atoms with Crippen molar-refractivity contribution >= 4 is 0 Å². The van der Waals surface area contributed by atoms with E-state index in [1.165, 1.54) is 23.1 Å². The van der Waals surface area contributed by atoms with Crippen LogP contribution in [0.5, 0.6) is 0 Å². The first-order valence-electron chi connectivity index (χ1n) is 6.68. The molecular weight excluding hydrogens is 224 g/mol. The van der Waals surface area contributed by atoms with E-state index >= 15 is 0 Å². The second kappa shape index (κ2) is 5.39. The van der Waals surface area contributed by atoms with Crippen LogP contribution in [0.3, 0.4) is 0 Å². The van der Waals surface area contributed by atoms with E-state index < -0.39 is 0 Å². The van der Waals surface area contributed by atoms with Crippen LogP contribution < -0.4 is 11.3 Å². The Balaban J connectivity index is 2.17. The first-order valence-corrected chi connectivity index (χ1v) is 6.68. The van der Waals surface area contributed by atoms with Gasteiger partial charge >= 0.3 is 0 Å². The quantitative estimate of drug-likeness (QED) is 0.622. The van der Waals surface area contributed by atoms with Crippen LogP contribution in [0.2, 0.25) is 0 Å². The first kappa shape index (κ1) is 13.5. The van der Waals surface area contributed by atoms with E-state index in [1.807, 2.05) is 7.11 Å². The molecule has 1 atom stereocenters. The molecule has 1 aromatic rings. The lowest BCUT2D eigenvalue weighted by atomic mass is 9.74. The lowest BCUT2D eigenvalue weighted by Crippen LogP contribution is -2.44. The van der Waals surface area contributed by atoms with Crippen molar-refractivity contribution in [3.8, 4) is 0 Å². The number of benzene rings is 1. The van der Waals surface area contributed by atoms with Crippen molar-refractivity contribution in [1.82, 2.24) is 5.43 Å². The monoisotopic (exact) mass is 248 g/mol. The third-order valence-electron chi connectivity index (χ3n) is 4.12. The Morgan fingerprint density at radius 1 is 1.28 bits per heavy atom.